The van der Waals surface area contributed by atoms with Crippen molar-refractivity contribution in [1.82, 2.24) is 20.4 Å². The van der Waals surface area contributed by atoms with Crippen LogP contribution in [0.3, 0.4) is 0 Å². The summed E-state index contributed by atoms with van der Waals surface area (Å²) in [6.07, 6.45) is 10.1. The van der Waals surface area contributed by atoms with Gasteiger partial charge >= 0.3 is 0 Å². The van der Waals surface area contributed by atoms with Gasteiger partial charge in [-0.2, -0.15) is 5.10 Å². The molecule has 0 aromatic carbocycles. The summed E-state index contributed by atoms with van der Waals surface area (Å²) in [5.74, 6) is 0.871. The van der Waals surface area contributed by atoms with Gasteiger partial charge in [0.15, 0.2) is 5.96 Å². The third-order valence-electron chi connectivity index (χ3n) is 4.55. The molecule has 2 N–H and O–H groups in total. The average Bonchev–Trinajstić information content (AvgIpc) is 3.21. The molecule has 2 rings (SSSR count). The smallest absolute Gasteiger partial charge is 0.191 e. The molecule has 0 unspecified atom stereocenters. The van der Waals surface area contributed by atoms with Crippen LogP contribution in [0.1, 0.15) is 32.1 Å². The molecular formula is C16H29N5O. The molecule has 1 aliphatic rings. The summed E-state index contributed by atoms with van der Waals surface area (Å²) in [5, 5.41) is 11.0. The van der Waals surface area contributed by atoms with Gasteiger partial charge in [-0.15, -0.1) is 0 Å². The highest BCUT2D eigenvalue weighted by Crippen LogP contribution is 2.40. The van der Waals surface area contributed by atoms with Crippen LogP contribution in [-0.4, -0.2) is 49.6 Å². The number of nitrogens with one attached hydrogen (secondary N) is 2. The Morgan fingerprint density at radius 2 is 2.18 bits per heavy atom. The zero-order valence-corrected chi connectivity index (χ0v) is 13.8. The Hall–Kier alpha value is -1.56. The van der Waals surface area contributed by atoms with Gasteiger partial charge in [-0.1, -0.05) is 12.8 Å². The van der Waals surface area contributed by atoms with Gasteiger partial charge in [0.25, 0.3) is 0 Å². The second kappa shape index (κ2) is 8.78. The number of aliphatic imine (C=N–C) groups is 1. The minimum atomic E-state index is 0.371. The Labute approximate surface area is 133 Å². The highest BCUT2D eigenvalue weighted by Gasteiger charge is 2.33. The van der Waals surface area contributed by atoms with Crippen molar-refractivity contribution in [2.24, 2.45) is 10.4 Å². The highest BCUT2D eigenvalue weighted by atomic mass is 16.5. The van der Waals surface area contributed by atoms with Crippen molar-refractivity contribution in [1.29, 1.82) is 0 Å². The Bertz CT molecular complexity index is 437. The predicted molar refractivity (Wildman–Crippen MR) is 89.0 cm³/mol. The van der Waals surface area contributed by atoms with Gasteiger partial charge in [-0.05, 0) is 30.7 Å². The summed E-state index contributed by atoms with van der Waals surface area (Å²) < 4.78 is 7.20. The molecule has 1 fully saturated rings. The molecule has 1 aromatic rings. The van der Waals surface area contributed by atoms with Crippen LogP contribution in [0, 0.1) is 5.41 Å². The number of methoxy groups -OCH3 is 1. The highest BCUT2D eigenvalue weighted by molar-refractivity contribution is 5.79. The van der Waals surface area contributed by atoms with Gasteiger partial charge in [0.1, 0.15) is 0 Å². The minimum Gasteiger partial charge on any atom is -0.385 e. The van der Waals surface area contributed by atoms with Crippen LogP contribution in [-0.2, 0) is 11.3 Å². The number of ether oxygens (including phenoxy) is 1. The minimum absolute atomic E-state index is 0.371. The zero-order valence-electron chi connectivity index (χ0n) is 13.8. The van der Waals surface area contributed by atoms with E-state index in [0.29, 0.717) is 5.41 Å². The Morgan fingerprint density at radius 3 is 2.82 bits per heavy atom. The van der Waals surface area contributed by atoms with Crippen LogP contribution >= 0.6 is 0 Å². The van der Waals surface area contributed by atoms with Crippen LogP contribution in [0.5, 0.6) is 0 Å². The molecule has 0 saturated heterocycles. The van der Waals surface area contributed by atoms with E-state index in [9.17, 15) is 0 Å². The fourth-order valence-corrected chi connectivity index (χ4v) is 3.17. The molecule has 6 nitrogen and oxygen atoms in total. The molecule has 0 aliphatic heterocycles. The lowest BCUT2D eigenvalue weighted by atomic mass is 9.83. The van der Waals surface area contributed by atoms with Crippen LogP contribution in [0.15, 0.2) is 23.5 Å². The number of hydrogen-bond donors (Lipinski definition) is 2. The van der Waals surface area contributed by atoms with E-state index in [0.717, 1.165) is 38.6 Å². The molecule has 1 aromatic heterocycles. The predicted octanol–water partition coefficient (Wildman–Crippen LogP) is 1.64. The SMILES string of the molecule is CN=C(NCCn1cccn1)NCC1(CCOC)CCCC1. The number of nitrogens with zero attached hydrogens (tertiary/aromatic N) is 3. The van der Waals surface area contributed by atoms with Crippen LogP contribution in [0.2, 0.25) is 0 Å². The maximum absolute atomic E-state index is 5.28. The summed E-state index contributed by atoms with van der Waals surface area (Å²) in [5.41, 5.74) is 0.371. The van der Waals surface area contributed by atoms with E-state index < -0.39 is 0 Å². The molecule has 0 atom stereocenters. The van der Waals surface area contributed by atoms with Crippen molar-refractivity contribution in [3.63, 3.8) is 0 Å². The van der Waals surface area contributed by atoms with E-state index in [4.69, 9.17) is 4.74 Å². The van der Waals surface area contributed by atoms with Crippen LogP contribution in [0.4, 0.5) is 0 Å². The quantitative estimate of drug-likeness (QED) is 0.566. The fourth-order valence-electron chi connectivity index (χ4n) is 3.17. The standard InChI is InChI=1S/C16H29N5O/c1-17-15(18-10-12-21-11-5-9-20-21)19-14-16(8-13-22-2)6-3-4-7-16/h5,9,11H,3-4,6-8,10,12-14H2,1-2H3,(H2,17,18,19). The van der Waals surface area contributed by atoms with Gasteiger partial charge in [0.2, 0.25) is 0 Å². The number of guanidine groups is 1. The van der Waals surface area contributed by atoms with Crippen molar-refractivity contribution in [2.75, 3.05) is 33.9 Å². The summed E-state index contributed by atoms with van der Waals surface area (Å²) >= 11 is 0. The molecular weight excluding hydrogens is 278 g/mol. The summed E-state index contributed by atoms with van der Waals surface area (Å²) in [4.78, 5) is 4.31. The van der Waals surface area contributed by atoms with Crippen LogP contribution < -0.4 is 10.6 Å². The van der Waals surface area contributed by atoms with Crippen molar-refractivity contribution in [3.8, 4) is 0 Å². The first-order chi connectivity index (χ1) is 10.8. The lowest BCUT2D eigenvalue weighted by molar-refractivity contribution is 0.138. The molecule has 124 valence electrons. The number of aromatic nitrogens is 2. The summed E-state index contributed by atoms with van der Waals surface area (Å²) in [7, 11) is 3.60. The summed E-state index contributed by atoms with van der Waals surface area (Å²) in [6.45, 7) is 3.46. The lowest BCUT2D eigenvalue weighted by Crippen LogP contribution is -2.44. The lowest BCUT2D eigenvalue weighted by Gasteiger charge is -2.29. The first-order valence-electron chi connectivity index (χ1n) is 8.19. The molecule has 0 amide bonds. The van der Waals surface area contributed by atoms with E-state index in [1.807, 2.05) is 24.0 Å². The third kappa shape index (κ3) is 5.02. The maximum atomic E-state index is 5.28. The number of rotatable bonds is 8. The largest absolute Gasteiger partial charge is 0.385 e. The third-order valence-corrected chi connectivity index (χ3v) is 4.55. The van der Waals surface area contributed by atoms with E-state index in [1.54, 1.807) is 13.3 Å². The molecule has 22 heavy (non-hydrogen) atoms. The Balaban J connectivity index is 1.74. The second-order valence-electron chi connectivity index (χ2n) is 6.07. The van der Waals surface area contributed by atoms with Gasteiger partial charge in [0, 0.05) is 46.2 Å². The van der Waals surface area contributed by atoms with Crippen molar-refractivity contribution in [2.45, 2.75) is 38.6 Å². The van der Waals surface area contributed by atoms with Gasteiger partial charge in [-0.25, -0.2) is 0 Å². The van der Waals surface area contributed by atoms with Crippen molar-refractivity contribution < 1.29 is 4.74 Å². The van der Waals surface area contributed by atoms with Gasteiger partial charge < -0.3 is 15.4 Å². The topological polar surface area (TPSA) is 63.5 Å². The maximum Gasteiger partial charge on any atom is 0.191 e. The van der Waals surface area contributed by atoms with E-state index in [1.165, 1.54) is 25.7 Å². The van der Waals surface area contributed by atoms with E-state index in [2.05, 4.69) is 20.7 Å². The molecule has 0 spiro atoms. The normalized spacial score (nSPS) is 17.6. The van der Waals surface area contributed by atoms with Crippen molar-refractivity contribution in [3.05, 3.63) is 18.5 Å². The first-order valence-corrected chi connectivity index (χ1v) is 8.19. The first kappa shape index (κ1) is 16.8. The second-order valence-corrected chi connectivity index (χ2v) is 6.07. The summed E-state index contributed by atoms with van der Waals surface area (Å²) in [6, 6.07) is 1.94. The molecule has 1 heterocycles. The Kier molecular flexibility index (Phi) is 6.71. The van der Waals surface area contributed by atoms with E-state index >= 15 is 0 Å². The Morgan fingerprint density at radius 1 is 1.36 bits per heavy atom. The van der Waals surface area contributed by atoms with Gasteiger partial charge in [-0.3, -0.25) is 9.67 Å². The van der Waals surface area contributed by atoms with E-state index in [-0.39, 0.29) is 0 Å². The number of hydrogen-bond acceptors (Lipinski definition) is 3. The molecule has 1 saturated carbocycles. The molecule has 0 bridgehead atoms. The monoisotopic (exact) mass is 307 g/mol. The average molecular weight is 307 g/mol. The van der Waals surface area contributed by atoms with Crippen molar-refractivity contribution >= 4 is 5.96 Å². The molecule has 1 aliphatic carbocycles. The molecule has 0 radical (unpaired) electrons. The zero-order chi connectivity index (χ0) is 15.7. The fraction of sp³-hybridized carbons (Fsp3) is 0.750. The molecule has 6 heteroatoms. The van der Waals surface area contributed by atoms with Crippen LogP contribution in [0.25, 0.3) is 0 Å². The van der Waals surface area contributed by atoms with Gasteiger partial charge in [0.05, 0.1) is 6.54 Å².